The van der Waals surface area contributed by atoms with Crippen LogP contribution in [0.3, 0.4) is 0 Å². The van der Waals surface area contributed by atoms with Crippen molar-refractivity contribution in [3.8, 4) is 0 Å². The number of hydrogen-bond donors (Lipinski definition) is 1. The van der Waals surface area contributed by atoms with Crippen molar-refractivity contribution < 1.29 is 4.92 Å². The molecule has 0 aliphatic carbocycles. The maximum atomic E-state index is 11.4. The second-order valence-corrected chi connectivity index (χ2v) is 5.39. The third-order valence-corrected chi connectivity index (χ3v) is 3.76. The third-order valence-electron chi connectivity index (χ3n) is 3.76. The Kier molecular flexibility index (Phi) is 4.89. The summed E-state index contributed by atoms with van der Waals surface area (Å²) in [6, 6.07) is 0.385. The normalized spacial score (nSPS) is 18.9. The molecule has 2 heterocycles. The van der Waals surface area contributed by atoms with E-state index in [0.29, 0.717) is 24.2 Å². The summed E-state index contributed by atoms with van der Waals surface area (Å²) in [6.07, 6.45) is 3.49. The van der Waals surface area contributed by atoms with E-state index in [1.807, 2.05) is 25.9 Å². The monoisotopic (exact) mass is 294 g/mol. The van der Waals surface area contributed by atoms with Crippen LogP contribution in [0.1, 0.15) is 19.8 Å². The molecule has 0 radical (unpaired) electrons. The van der Waals surface area contributed by atoms with Crippen molar-refractivity contribution in [3.05, 3.63) is 16.4 Å². The lowest BCUT2D eigenvalue weighted by molar-refractivity contribution is -0.383. The summed E-state index contributed by atoms with van der Waals surface area (Å²) in [5.41, 5.74) is -0.0289. The van der Waals surface area contributed by atoms with Gasteiger partial charge in [-0.3, -0.25) is 10.1 Å². The summed E-state index contributed by atoms with van der Waals surface area (Å²) < 4.78 is 0. The fourth-order valence-corrected chi connectivity index (χ4v) is 2.63. The largest absolute Gasteiger partial charge is 0.364 e. The van der Waals surface area contributed by atoms with E-state index >= 15 is 0 Å². The zero-order chi connectivity index (χ0) is 15.4. The Morgan fingerprint density at radius 1 is 1.52 bits per heavy atom. The van der Waals surface area contributed by atoms with Gasteiger partial charge in [0.2, 0.25) is 11.6 Å². The quantitative estimate of drug-likeness (QED) is 0.647. The SMILES string of the molecule is CCNc1ncnc(N2CCCC(N(C)C)C2)c1[N+](=O)[O-]. The minimum atomic E-state index is -0.396. The Labute approximate surface area is 124 Å². The van der Waals surface area contributed by atoms with Gasteiger partial charge in [0.25, 0.3) is 0 Å². The number of aromatic nitrogens is 2. The van der Waals surface area contributed by atoms with Gasteiger partial charge in [-0.2, -0.15) is 0 Å². The molecule has 1 aliphatic heterocycles. The second-order valence-electron chi connectivity index (χ2n) is 5.39. The standard InChI is InChI=1S/C13H22N6O2/c1-4-14-12-11(19(20)21)13(16-9-15-12)18-7-5-6-10(8-18)17(2)3/h9-10H,4-8H2,1-3H3,(H,14,15,16). The van der Waals surface area contributed by atoms with Crippen LogP contribution >= 0.6 is 0 Å². The van der Waals surface area contributed by atoms with Gasteiger partial charge in [0.05, 0.1) is 4.92 Å². The fraction of sp³-hybridized carbons (Fsp3) is 0.692. The van der Waals surface area contributed by atoms with Crippen LogP contribution < -0.4 is 10.2 Å². The Hall–Kier alpha value is -1.96. The van der Waals surface area contributed by atoms with Gasteiger partial charge in [-0.1, -0.05) is 0 Å². The first-order valence-corrected chi connectivity index (χ1v) is 7.19. The highest BCUT2D eigenvalue weighted by molar-refractivity contribution is 5.70. The van der Waals surface area contributed by atoms with Gasteiger partial charge in [0, 0.05) is 25.7 Å². The van der Waals surface area contributed by atoms with Crippen molar-refractivity contribution in [2.45, 2.75) is 25.8 Å². The van der Waals surface area contributed by atoms with Crippen LogP contribution in [0.5, 0.6) is 0 Å². The number of likely N-dealkylation sites (N-methyl/N-ethyl adjacent to an activating group) is 1. The minimum Gasteiger partial charge on any atom is -0.364 e. The average Bonchev–Trinajstić information content (AvgIpc) is 2.47. The van der Waals surface area contributed by atoms with E-state index < -0.39 is 4.92 Å². The van der Waals surface area contributed by atoms with Gasteiger partial charge in [0.1, 0.15) is 6.33 Å². The molecule has 1 N–H and O–H groups in total. The molecule has 0 aromatic carbocycles. The van der Waals surface area contributed by atoms with Crippen LogP contribution in [0.2, 0.25) is 0 Å². The number of nitro groups is 1. The molecule has 8 nitrogen and oxygen atoms in total. The summed E-state index contributed by atoms with van der Waals surface area (Å²) in [4.78, 5) is 23.4. The summed E-state index contributed by atoms with van der Waals surface area (Å²) in [6.45, 7) is 4.00. The first-order valence-electron chi connectivity index (χ1n) is 7.19. The smallest absolute Gasteiger partial charge is 0.353 e. The second kappa shape index (κ2) is 6.66. The highest BCUT2D eigenvalue weighted by Gasteiger charge is 2.30. The summed E-state index contributed by atoms with van der Waals surface area (Å²) in [5, 5.41) is 14.4. The Balaban J connectivity index is 2.34. The molecule has 1 unspecified atom stereocenters. The van der Waals surface area contributed by atoms with Crippen molar-refractivity contribution in [2.75, 3.05) is 43.9 Å². The molecular weight excluding hydrogens is 272 g/mol. The summed E-state index contributed by atoms with van der Waals surface area (Å²) in [5.74, 6) is 0.706. The number of anilines is 2. The van der Waals surface area contributed by atoms with Crippen molar-refractivity contribution in [1.82, 2.24) is 14.9 Å². The molecule has 1 atom stereocenters. The summed E-state index contributed by atoms with van der Waals surface area (Å²) >= 11 is 0. The Bertz CT molecular complexity index is 507. The number of nitrogens with one attached hydrogen (secondary N) is 1. The first kappa shape index (κ1) is 15.4. The molecule has 21 heavy (non-hydrogen) atoms. The van der Waals surface area contributed by atoms with Gasteiger partial charge in [-0.15, -0.1) is 0 Å². The van der Waals surface area contributed by atoms with Gasteiger partial charge in [0.15, 0.2) is 0 Å². The van der Waals surface area contributed by atoms with Crippen LogP contribution in [0.15, 0.2) is 6.33 Å². The maximum absolute atomic E-state index is 11.4. The van der Waals surface area contributed by atoms with E-state index in [9.17, 15) is 10.1 Å². The van der Waals surface area contributed by atoms with Gasteiger partial charge in [-0.05, 0) is 33.9 Å². The topological polar surface area (TPSA) is 87.4 Å². The lowest BCUT2D eigenvalue weighted by Crippen LogP contribution is -2.45. The Morgan fingerprint density at radius 2 is 2.29 bits per heavy atom. The van der Waals surface area contributed by atoms with Crippen molar-refractivity contribution >= 4 is 17.3 Å². The number of hydrogen-bond acceptors (Lipinski definition) is 7. The third kappa shape index (κ3) is 3.38. The molecule has 1 saturated heterocycles. The lowest BCUT2D eigenvalue weighted by atomic mass is 10.0. The molecule has 0 spiro atoms. The van der Waals surface area contributed by atoms with E-state index in [1.165, 1.54) is 6.33 Å². The number of rotatable bonds is 5. The van der Waals surface area contributed by atoms with E-state index in [2.05, 4.69) is 20.2 Å². The van der Waals surface area contributed by atoms with Crippen LogP contribution in [0.4, 0.5) is 17.3 Å². The first-order chi connectivity index (χ1) is 10.0. The van der Waals surface area contributed by atoms with Crippen molar-refractivity contribution in [3.63, 3.8) is 0 Å². The molecule has 1 fully saturated rings. The van der Waals surface area contributed by atoms with Gasteiger partial charge >= 0.3 is 5.69 Å². The van der Waals surface area contributed by atoms with Crippen LogP contribution in [-0.2, 0) is 0 Å². The highest BCUT2D eigenvalue weighted by atomic mass is 16.6. The van der Waals surface area contributed by atoms with Crippen molar-refractivity contribution in [1.29, 1.82) is 0 Å². The average molecular weight is 294 g/mol. The van der Waals surface area contributed by atoms with Crippen molar-refractivity contribution in [2.24, 2.45) is 0 Å². The zero-order valence-electron chi connectivity index (χ0n) is 12.7. The molecular formula is C13H22N6O2. The van der Waals surface area contributed by atoms with Gasteiger partial charge in [-0.25, -0.2) is 9.97 Å². The molecule has 2 rings (SSSR count). The molecule has 0 amide bonds. The number of nitrogens with zero attached hydrogens (tertiary/aromatic N) is 5. The van der Waals surface area contributed by atoms with E-state index in [0.717, 1.165) is 25.9 Å². The van der Waals surface area contributed by atoms with E-state index in [-0.39, 0.29) is 5.69 Å². The van der Waals surface area contributed by atoms with Crippen LogP contribution in [-0.4, -0.2) is 59.6 Å². The Morgan fingerprint density at radius 3 is 2.90 bits per heavy atom. The zero-order valence-corrected chi connectivity index (χ0v) is 12.7. The molecule has 0 saturated carbocycles. The molecule has 0 bridgehead atoms. The predicted octanol–water partition coefficient (Wildman–Crippen LogP) is 1.35. The molecule has 8 heteroatoms. The van der Waals surface area contributed by atoms with Gasteiger partial charge < -0.3 is 15.1 Å². The highest BCUT2D eigenvalue weighted by Crippen LogP contribution is 2.33. The van der Waals surface area contributed by atoms with Crippen LogP contribution in [0.25, 0.3) is 0 Å². The summed E-state index contributed by atoms with van der Waals surface area (Å²) in [7, 11) is 4.07. The van der Waals surface area contributed by atoms with Crippen LogP contribution in [0, 0.1) is 10.1 Å². The fourth-order valence-electron chi connectivity index (χ4n) is 2.63. The molecule has 1 aromatic heterocycles. The molecule has 116 valence electrons. The predicted molar refractivity (Wildman–Crippen MR) is 81.8 cm³/mol. The molecule has 1 aromatic rings. The molecule has 1 aliphatic rings. The maximum Gasteiger partial charge on any atom is 0.353 e. The van der Waals surface area contributed by atoms with E-state index in [1.54, 1.807) is 0 Å². The van der Waals surface area contributed by atoms with E-state index in [4.69, 9.17) is 0 Å². The minimum absolute atomic E-state index is 0.0289. The number of piperidine rings is 1. The lowest BCUT2D eigenvalue weighted by Gasteiger charge is -2.36.